The summed E-state index contributed by atoms with van der Waals surface area (Å²) in [5, 5.41) is 7.07. The molecule has 2 aromatic carbocycles. The maximum absolute atomic E-state index is 12.4. The zero-order valence-electron chi connectivity index (χ0n) is 14.2. The van der Waals surface area contributed by atoms with Crippen LogP contribution in [0.2, 0.25) is 10.0 Å². The van der Waals surface area contributed by atoms with Crippen LogP contribution >= 0.6 is 23.2 Å². The second kappa shape index (κ2) is 7.72. The molecule has 132 valence electrons. The van der Waals surface area contributed by atoms with E-state index in [1.807, 2.05) is 32.0 Å². The van der Waals surface area contributed by atoms with Gasteiger partial charge in [0.15, 0.2) is 0 Å². The number of rotatable bonds is 4. The van der Waals surface area contributed by atoms with Gasteiger partial charge in [-0.25, -0.2) is 9.97 Å². The zero-order valence-corrected chi connectivity index (χ0v) is 15.7. The minimum Gasteiger partial charge on any atom is -0.324 e. The van der Waals surface area contributed by atoms with Crippen molar-refractivity contribution in [3.8, 4) is 0 Å². The van der Waals surface area contributed by atoms with Gasteiger partial charge in [-0.15, -0.1) is 0 Å². The lowest BCUT2D eigenvalue weighted by molar-refractivity contribution is 0.102. The number of amides is 1. The highest BCUT2D eigenvalue weighted by Gasteiger charge is 2.10. The van der Waals surface area contributed by atoms with Gasteiger partial charge in [0.2, 0.25) is 5.95 Å². The Kier molecular flexibility index (Phi) is 5.40. The summed E-state index contributed by atoms with van der Waals surface area (Å²) in [5.41, 5.74) is 3.73. The Bertz CT molecular complexity index is 958. The van der Waals surface area contributed by atoms with E-state index in [-0.39, 0.29) is 5.91 Å². The van der Waals surface area contributed by atoms with Gasteiger partial charge in [-0.2, -0.15) is 0 Å². The van der Waals surface area contributed by atoms with Crippen LogP contribution in [0.15, 0.2) is 48.8 Å². The van der Waals surface area contributed by atoms with E-state index < -0.39 is 0 Å². The van der Waals surface area contributed by atoms with E-state index in [0.29, 0.717) is 27.2 Å². The summed E-state index contributed by atoms with van der Waals surface area (Å²) in [6, 6.07) is 10.8. The van der Waals surface area contributed by atoms with Gasteiger partial charge in [0.05, 0.1) is 5.56 Å². The van der Waals surface area contributed by atoms with Gasteiger partial charge in [0.25, 0.3) is 5.91 Å². The van der Waals surface area contributed by atoms with Gasteiger partial charge in [-0.3, -0.25) is 4.79 Å². The average Bonchev–Trinajstić information content (AvgIpc) is 2.62. The second-order valence-corrected chi connectivity index (χ2v) is 6.67. The monoisotopic (exact) mass is 386 g/mol. The number of hydrogen-bond acceptors (Lipinski definition) is 4. The Morgan fingerprint density at radius 3 is 2.04 bits per heavy atom. The van der Waals surface area contributed by atoms with Crippen LogP contribution in [0.5, 0.6) is 0 Å². The van der Waals surface area contributed by atoms with E-state index in [2.05, 4.69) is 20.6 Å². The van der Waals surface area contributed by atoms with Crippen molar-refractivity contribution in [2.45, 2.75) is 13.8 Å². The van der Waals surface area contributed by atoms with Gasteiger partial charge < -0.3 is 10.6 Å². The molecule has 1 amide bonds. The van der Waals surface area contributed by atoms with Crippen molar-refractivity contribution in [1.82, 2.24) is 9.97 Å². The maximum atomic E-state index is 12.4. The number of nitrogens with one attached hydrogen (secondary N) is 2. The number of aryl methyl sites for hydroxylation is 2. The molecule has 5 nitrogen and oxygen atoms in total. The lowest BCUT2D eigenvalue weighted by atomic mass is 10.2. The van der Waals surface area contributed by atoms with Gasteiger partial charge in [0, 0.05) is 33.8 Å². The van der Waals surface area contributed by atoms with Gasteiger partial charge >= 0.3 is 0 Å². The van der Waals surface area contributed by atoms with Crippen LogP contribution in [0.4, 0.5) is 17.3 Å². The Morgan fingerprint density at radius 1 is 0.885 bits per heavy atom. The third kappa shape index (κ3) is 4.31. The molecule has 0 fully saturated rings. The summed E-state index contributed by atoms with van der Waals surface area (Å²) in [6.45, 7) is 3.84. The fourth-order valence-corrected chi connectivity index (χ4v) is 2.63. The molecule has 1 heterocycles. The molecular weight excluding hydrogens is 371 g/mol. The van der Waals surface area contributed by atoms with Crippen LogP contribution < -0.4 is 10.6 Å². The molecule has 0 saturated carbocycles. The second-order valence-electron chi connectivity index (χ2n) is 5.79. The number of benzene rings is 2. The van der Waals surface area contributed by atoms with Crippen molar-refractivity contribution in [2.24, 2.45) is 0 Å². The molecule has 0 aliphatic rings. The molecule has 0 saturated heterocycles. The first-order valence-electron chi connectivity index (χ1n) is 7.85. The minimum atomic E-state index is -0.305. The lowest BCUT2D eigenvalue weighted by Crippen LogP contribution is -2.14. The fourth-order valence-electron chi connectivity index (χ4n) is 2.28. The largest absolute Gasteiger partial charge is 0.324 e. The molecule has 26 heavy (non-hydrogen) atoms. The predicted molar refractivity (Wildman–Crippen MR) is 106 cm³/mol. The van der Waals surface area contributed by atoms with Gasteiger partial charge in [-0.1, -0.05) is 35.3 Å². The first-order chi connectivity index (χ1) is 12.4. The first-order valence-corrected chi connectivity index (χ1v) is 8.61. The number of aromatic nitrogens is 2. The Labute approximate surface area is 161 Å². The molecule has 0 spiro atoms. The molecule has 1 aromatic heterocycles. The van der Waals surface area contributed by atoms with Crippen LogP contribution in [0, 0.1) is 13.8 Å². The standard InChI is InChI=1S/C19H16Cl2N4O/c1-11-3-5-14(20)7-16(11)24-18(26)13-9-22-19(23-10-13)25-17-8-15(21)6-4-12(17)2/h3-10H,1-2H3,(H,24,26)(H,22,23,25). The Morgan fingerprint density at radius 2 is 1.42 bits per heavy atom. The zero-order chi connectivity index (χ0) is 18.7. The topological polar surface area (TPSA) is 66.9 Å². The third-order valence-electron chi connectivity index (χ3n) is 3.81. The van der Waals surface area contributed by atoms with Crippen molar-refractivity contribution in [1.29, 1.82) is 0 Å². The van der Waals surface area contributed by atoms with Crippen molar-refractivity contribution in [2.75, 3.05) is 10.6 Å². The quantitative estimate of drug-likeness (QED) is 0.629. The van der Waals surface area contributed by atoms with Gasteiger partial charge in [0.1, 0.15) is 0 Å². The number of nitrogens with zero attached hydrogens (tertiary/aromatic N) is 2. The summed E-state index contributed by atoms with van der Waals surface area (Å²) < 4.78 is 0. The van der Waals surface area contributed by atoms with Crippen LogP contribution in [0.25, 0.3) is 0 Å². The highest BCUT2D eigenvalue weighted by atomic mass is 35.5. The van der Waals surface area contributed by atoms with Crippen LogP contribution in [0.3, 0.4) is 0 Å². The van der Waals surface area contributed by atoms with Crippen LogP contribution in [-0.4, -0.2) is 15.9 Å². The van der Waals surface area contributed by atoms with E-state index in [0.717, 1.165) is 16.8 Å². The molecule has 0 unspecified atom stereocenters. The van der Waals surface area contributed by atoms with Gasteiger partial charge in [-0.05, 0) is 49.2 Å². The summed E-state index contributed by atoms with van der Waals surface area (Å²) >= 11 is 12.0. The van der Waals surface area contributed by atoms with Crippen molar-refractivity contribution in [3.05, 3.63) is 75.5 Å². The maximum Gasteiger partial charge on any atom is 0.258 e. The molecule has 0 atom stereocenters. The Balaban J connectivity index is 1.73. The molecule has 3 rings (SSSR count). The molecule has 0 aliphatic heterocycles. The predicted octanol–water partition coefficient (Wildman–Crippen LogP) is 5.40. The number of hydrogen-bond donors (Lipinski definition) is 2. The molecule has 0 radical (unpaired) electrons. The van der Waals surface area contributed by atoms with Crippen LogP contribution in [-0.2, 0) is 0 Å². The van der Waals surface area contributed by atoms with E-state index >= 15 is 0 Å². The highest BCUT2D eigenvalue weighted by molar-refractivity contribution is 6.31. The molecule has 3 aromatic rings. The molecular formula is C19H16Cl2N4O. The van der Waals surface area contributed by atoms with E-state index in [1.165, 1.54) is 12.4 Å². The first kappa shape index (κ1) is 18.2. The van der Waals surface area contributed by atoms with E-state index in [4.69, 9.17) is 23.2 Å². The number of anilines is 3. The fraction of sp³-hybridized carbons (Fsp3) is 0.105. The van der Waals surface area contributed by atoms with E-state index in [9.17, 15) is 4.79 Å². The van der Waals surface area contributed by atoms with E-state index in [1.54, 1.807) is 18.2 Å². The van der Waals surface area contributed by atoms with Crippen molar-refractivity contribution >= 4 is 46.4 Å². The highest BCUT2D eigenvalue weighted by Crippen LogP contribution is 2.23. The third-order valence-corrected chi connectivity index (χ3v) is 4.28. The lowest BCUT2D eigenvalue weighted by Gasteiger charge is -2.10. The molecule has 0 aliphatic carbocycles. The molecule has 0 bridgehead atoms. The normalized spacial score (nSPS) is 10.5. The number of halogens is 2. The minimum absolute atomic E-state index is 0.305. The molecule has 7 heteroatoms. The summed E-state index contributed by atoms with van der Waals surface area (Å²) in [7, 11) is 0. The number of carbonyl (C=O) groups excluding carboxylic acids is 1. The number of carbonyl (C=O) groups is 1. The summed E-state index contributed by atoms with van der Waals surface area (Å²) in [6.07, 6.45) is 2.93. The van der Waals surface area contributed by atoms with Crippen molar-refractivity contribution < 1.29 is 4.79 Å². The smallest absolute Gasteiger partial charge is 0.258 e. The summed E-state index contributed by atoms with van der Waals surface area (Å²) in [4.78, 5) is 20.8. The van der Waals surface area contributed by atoms with Crippen LogP contribution in [0.1, 0.15) is 21.5 Å². The Hall–Kier alpha value is -2.63. The molecule has 2 N–H and O–H groups in total. The average molecular weight is 387 g/mol. The van der Waals surface area contributed by atoms with Crippen molar-refractivity contribution in [3.63, 3.8) is 0 Å². The SMILES string of the molecule is Cc1ccc(Cl)cc1NC(=O)c1cnc(Nc2cc(Cl)ccc2C)nc1. The summed E-state index contributed by atoms with van der Waals surface area (Å²) in [5.74, 6) is 0.0757.